The van der Waals surface area contributed by atoms with E-state index in [1.807, 2.05) is 17.8 Å². The SMILES string of the molecule is N#Cc1ccccc1OCC(O)CNCC1CCCCS1. The summed E-state index contributed by atoms with van der Waals surface area (Å²) in [4.78, 5) is 0. The highest BCUT2D eigenvalue weighted by Gasteiger charge is 2.14. The van der Waals surface area contributed by atoms with Crippen molar-refractivity contribution < 1.29 is 9.84 Å². The van der Waals surface area contributed by atoms with Crippen LogP contribution in [0, 0.1) is 11.3 Å². The van der Waals surface area contributed by atoms with Crippen LogP contribution in [0.15, 0.2) is 24.3 Å². The summed E-state index contributed by atoms with van der Waals surface area (Å²) in [6.45, 7) is 1.66. The smallest absolute Gasteiger partial charge is 0.137 e. The van der Waals surface area contributed by atoms with E-state index in [0.29, 0.717) is 23.1 Å². The Kier molecular flexibility index (Phi) is 6.87. The average Bonchev–Trinajstić information content (AvgIpc) is 2.54. The highest BCUT2D eigenvalue weighted by Crippen LogP contribution is 2.24. The predicted octanol–water partition coefficient (Wildman–Crippen LogP) is 2.17. The molecule has 2 atom stereocenters. The van der Waals surface area contributed by atoms with Crippen LogP contribution >= 0.6 is 11.8 Å². The number of nitrogens with zero attached hydrogens (tertiary/aromatic N) is 1. The van der Waals surface area contributed by atoms with Crippen molar-refractivity contribution in [2.45, 2.75) is 30.6 Å². The lowest BCUT2D eigenvalue weighted by Gasteiger charge is -2.22. The Morgan fingerprint density at radius 2 is 2.29 bits per heavy atom. The first-order chi connectivity index (χ1) is 10.3. The molecule has 0 saturated carbocycles. The first-order valence-corrected chi connectivity index (χ1v) is 8.47. The van der Waals surface area contributed by atoms with Crippen molar-refractivity contribution in [3.63, 3.8) is 0 Å². The summed E-state index contributed by atoms with van der Waals surface area (Å²) in [5.41, 5.74) is 0.497. The Bertz CT molecular complexity index is 470. The molecular formula is C16H22N2O2S. The monoisotopic (exact) mass is 306 g/mol. The third kappa shape index (κ3) is 5.58. The molecule has 1 fully saturated rings. The van der Waals surface area contributed by atoms with Crippen LogP contribution in [-0.4, -0.2) is 41.9 Å². The summed E-state index contributed by atoms with van der Waals surface area (Å²) >= 11 is 2.02. The largest absolute Gasteiger partial charge is 0.489 e. The second kappa shape index (κ2) is 8.93. The second-order valence-electron chi connectivity index (χ2n) is 5.22. The lowest BCUT2D eigenvalue weighted by Crippen LogP contribution is -2.35. The fraction of sp³-hybridized carbons (Fsp3) is 0.562. The van der Waals surface area contributed by atoms with E-state index in [-0.39, 0.29) is 6.61 Å². The number of aliphatic hydroxyl groups is 1. The topological polar surface area (TPSA) is 65.3 Å². The van der Waals surface area contributed by atoms with Crippen LogP contribution in [0.2, 0.25) is 0 Å². The number of hydrogen-bond donors (Lipinski definition) is 2. The number of nitriles is 1. The molecule has 1 aromatic rings. The third-order valence-corrected chi connectivity index (χ3v) is 4.86. The molecule has 5 heteroatoms. The van der Waals surface area contributed by atoms with Gasteiger partial charge in [0.15, 0.2) is 0 Å². The Morgan fingerprint density at radius 1 is 1.43 bits per heavy atom. The summed E-state index contributed by atoms with van der Waals surface area (Å²) in [7, 11) is 0. The Balaban J connectivity index is 1.65. The number of aliphatic hydroxyl groups excluding tert-OH is 1. The summed E-state index contributed by atoms with van der Waals surface area (Å²) < 4.78 is 5.51. The molecule has 4 nitrogen and oxygen atoms in total. The van der Waals surface area contributed by atoms with Gasteiger partial charge in [0.1, 0.15) is 24.5 Å². The van der Waals surface area contributed by atoms with Crippen LogP contribution in [0.1, 0.15) is 24.8 Å². The lowest BCUT2D eigenvalue weighted by molar-refractivity contribution is 0.106. The van der Waals surface area contributed by atoms with Crippen LogP contribution in [0.25, 0.3) is 0 Å². The van der Waals surface area contributed by atoms with Crippen LogP contribution in [0.3, 0.4) is 0 Å². The summed E-state index contributed by atoms with van der Waals surface area (Å²) in [6, 6.07) is 9.15. The van der Waals surface area contributed by atoms with E-state index in [1.54, 1.807) is 18.2 Å². The summed E-state index contributed by atoms with van der Waals surface area (Å²) in [5.74, 6) is 1.78. The highest BCUT2D eigenvalue weighted by atomic mass is 32.2. The van der Waals surface area contributed by atoms with Crippen LogP contribution in [0.5, 0.6) is 5.75 Å². The Labute approximate surface area is 130 Å². The molecule has 0 amide bonds. The number of para-hydroxylation sites is 1. The van der Waals surface area contributed by atoms with Crippen molar-refractivity contribution in [1.82, 2.24) is 5.32 Å². The molecule has 1 aliphatic heterocycles. The van der Waals surface area contributed by atoms with E-state index in [1.165, 1.54) is 25.0 Å². The Hall–Kier alpha value is -1.22. The third-order valence-electron chi connectivity index (χ3n) is 3.46. The van der Waals surface area contributed by atoms with Gasteiger partial charge in [-0.15, -0.1) is 0 Å². The van der Waals surface area contributed by atoms with E-state index >= 15 is 0 Å². The van der Waals surface area contributed by atoms with E-state index in [0.717, 1.165) is 6.54 Å². The van der Waals surface area contributed by atoms with Gasteiger partial charge in [-0.2, -0.15) is 17.0 Å². The quantitative estimate of drug-likeness (QED) is 0.808. The predicted molar refractivity (Wildman–Crippen MR) is 85.6 cm³/mol. The fourth-order valence-corrected chi connectivity index (χ4v) is 3.58. The number of rotatable bonds is 7. The van der Waals surface area contributed by atoms with Gasteiger partial charge in [0.2, 0.25) is 0 Å². The van der Waals surface area contributed by atoms with Gasteiger partial charge >= 0.3 is 0 Å². The minimum atomic E-state index is -0.565. The highest BCUT2D eigenvalue weighted by molar-refractivity contribution is 7.99. The van der Waals surface area contributed by atoms with E-state index in [2.05, 4.69) is 11.4 Å². The Morgan fingerprint density at radius 3 is 3.05 bits per heavy atom. The van der Waals surface area contributed by atoms with Crippen molar-refractivity contribution >= 4 is 11.8 Å². The molecule has 2 N–H and O–H groups in total. The molecule has 0 spiro atoms. The number of nitrogens with one attached hydrogen (secondary N) is 1. The van der Waals surface area contributed by atoms with Crippen LogP contribution < -0.4 is 10.1 Å². The maximum absolute atomic E-state index is 9.93. The summed E-state index contributed by atoms with van der Waals surface area (Å²) in [5, 5.41) is 22.9. The molecule has 21 heavy (non-hydrogen) atoms. The van der Waals surface area contributed by atoms with E-state index < -0.39 is 6.10 Å². The average molecular weight is 306 g/mol. The maximum atomic E-state index is 9.93. The molecular weight excluding hydrogens is 284 g/mol. The van der Waals surface area contributed by atoms with Gasteiger partial charge < -0.3 is 15.2 Å². The van der Waals surface area contributed by atoms with Gasteiger partial charge in [0, 0.05) is 18.3 Å². The number of ether oxygens (including phenoxy) is 1. The first kappa shape index (κ1) is 16.2. The maximum Gasteiger partial charge on any atom is 0.137 e. The van der Waals surface area contributed by atoms with E-state index in [4.69, 9.17) is 10.00 Å². The fourth-order valence-electron chi connectivity index (χ4n) is 2.31. The van der Waals surface area contributed by atoms with Gasteiger partial charge in [-0.1, -0.05) is 18.6 Å². The van der Waals surface area contributed by atoms with Gasteiger partial charge in [-0.25, -0.2) is 0 Å². The van der Waals surface area contributed by atoms with Crippen molar-refractivity contribution in [3.8, 4) is 11.8 Å². The molecule has 0 bridgehead atoms. The van der Waals surface area contributed by atoms with Crippen LogP contribution in [0.4, 0.5) is 0 Å². The molecule has 0 aliphatic carbocycles. The lowest BCUT2D eigenvalue weighted by atomic mass is 10.2. The van der Waals surface area contributed by atoms with Gasteiger partial charge in [0.05, 0.1) is 5.56 Å². The standard InChI is InChI=1S/C16H22N2O2S/c17-9-13-5-1-2-7-16(13)20-12-14(19)10-18-11-15-6-3-4-8-21-15/h1-2,5,7,14-15,18-19H,3-4,6,8,10-12H2. The van der Waals surface area contributed by atoms with E-state index in [9.17, 15) is 5.11 Å². The molecule has 114 valence electrons. The van der Waals surface area contributed by atoms with Crippen molar-refractivity contribution in [1.29, 1.82) is 5.26 Å². The normalized spacial score (nSPS) is 19.7. The van der Waals surface area contributed by atoms with Crippen molar-refractivity contribution in [3.05, 3.63) is 29.8 Å². The van der Waals surface area contributed by atoms with Gasteiger partial charge in [0.25, 0.3) is 0 Å². The zero-order chi connectivity index (χ0) is 14.9. The molecule has 0 aromatic heterocycles. The summed E-state index contributed by atoms with van der Waals surface area (Å²) in [6.07, 6.45) is 3.34. The zero-order valence-electron chi connectivity index (χ0n) is 12.1. The molecule has 1 saturated heterocycles. The molecule has 2 unspecified atom stereocenters. The molecule has 1 aliphatic rings. The number of thioether (sulfide) groups is 1. The molecule has 1 aromatic carbocycles. The van der Waals surface area contributed by atoms with Gasteiger partial charge in [-0.3, -0.25) is 0 Å². The second-order valence-corrected chi connectivity index (χ2v) is 6.63. The van der Waals surface area contributed by atoms with Crippen LogP contribution in [-0.2, 0) is 0 Å². The zero-order valence-corrected chi connectivity index (χ0v) is 12.9. The van der Waals surface area contributed by atoms with Crippen molar-refractivity contribution in [2.75, 3.05) is 25.4 Å². The minimum Gasteiger partial charge on any atom is -0.489 e. The molecule has 1 heterocycles. The molecule has 0 radical (unpaired) electrons. The van der Waals surface area contributed by atoms with Gasteiger partial charge in [-0.05, 0) is 30.7 Å². The number of hydrogen-bond acceptors (Lipinski definition) is 5. The van der Waals surface area contributed by atoms with Crippen molar-refractivity contribution in [2.24, 2.45) is 0 Å². The minimum absolute atomic E-state index is 0.198. The molecule has 2 rings (SSSR count). The first-order valence-electron chi connectivity index (χ1n) is 7.42. The number of benzene rings is 1.